The average molecular weight is 834 g/mol. The molecule has 61 heavy (non-hydrogen) atoms. The van der Waals surface area contributed by atoms with E-state index in [1.807, 2.05) is 30.3 Å². The summed E-state index contributed by atoms with van der Waals surface area (Å²) in [6.45, 7) is 5.00. The fourth-order valence-electron chi connectivity index (χ4n) is 8.56. The van der Waals surface area contributed by atoms with Crippen molar-refractivity contribution in [3.63, 3.8) is 0 Å². The van der Waals surface area contributed by atoms with Gasteiger partial charge in [0.2, 0.25) is 17.7 Å². The molecule has 318 valence electrons. The van der Waals surface area contributed by atoms with Gasteiger partial charge in [-0.25, -0.2) is 8.78 Å². The molecule has 2 aromatic heterocycles. The maximum absolute atomic E-state index is 16.7. The lowest BCUT2D eigenvalue weighted by Gasteiger charge is -2.36. The summed E-state index contributed by atoms with van der Waals surface area (Å²) in [6, 6.07) is 14.5. The minimum atomic E-state index is -0.659. The van der Waals surface area contributed by atoms with Gasteiger partial charge in [0, 0.05) is 113 Å². The van der Waals surface area contributed by atoms with Gasteiger partial charge in [-0.3, -0.25) is 34.1 Å². The summed E-state index contributed by atoms with van der Waals surface area (Å²) in [7, 11) is 4.89. The van der Waals surface area contributed by atoms with E-state index in [2.05, 4.69) is 30.4 Å². The van der Waals surface area contributed by atoms with Gasteiger partial charge in [0.05, 0.1) is 31.3 Å². The van der Waals surface area contributed by atoms with Crippen LogP contribution in [0.4, 0.5) is 14.5 Å². The van der Waals surface area contributed by atoms with Crippen LogP contribution in [0.5, 0.6) is 5.75 Å². The largest absolute Gasteiger partial charge is 0.496 e. The van der Waals surface area contributed by atoms with Crippen LogP contribution in [0, 0.1) is 11.6 Å². The number of carbonyl (C=O) groups is 4. The summed E-state index contributed by atoms with van der Waals surface area (Å²) in [5.41, 5.74) is 5.03. The van der Waals surface area contributed by atoms with Gasteiger partial charge in [-0.2, -0.15) is 0 Å². The Morgan fingerprint density at radius 3 is 2.49 bits per heavy atom. The van der Waals surface area contributed by atoms with Crippen molar-refractivity contribution in [3.8, 4) is 16.9 Å². The lowest BCUT2D eigenvalue weighted by molar-refractivity contribution is -0.134. The van der Waals surface area contributed by atoms with Crippen LogP contribution < -0.4 is 15.0 Å². The molecule has 0 saturated carbocycles. The van der Waals surface area contributed by atoms with E-state index < -0.39 is 23.5 Å². The van der Waals surface area contributed by atoms with Crippen molar-refractivity contribution in [2.24, 2.45) is 0 Å². The Morgan fingerprint density at radius 1 is 0.951 bits per heavy atom. The third kappa shape index (κ3) is 8.76. The van der Waals surface area contributed by atoms with E-state index in [1.54, 1.807) is 61.4 Å². The number of carbonyl (C=O) groups excluding carboxylic acids is 4. The minimum Gasteiger partial charge on any atom is -0.496 e. The molecule has 3 aromatic carbocycles. The first-order chi connectivity index (χ1) is 29.5. The van der Waals surface area contributed by atoms with E-state index in [0.717, 1.165) is 49.5 Å². The monoisotopic (exact) mass is 833 g/mol. The fourth-order valence-corrected chi connectivity index (χ4v) is 8.56. The number of rotatable bonds is 12. The molecule has 2 saturated heterocycles. The number of methoxy groups -OCH3 is 1. The van der Waals surface area contributed by atoms with E-state index in [9.17, 15) is 19.2 Å². The molecule has 14 nitrogen and oxygen atoms in total. The molecule has 5 aromatic rings. The zero-order valence-electron chi connectivity index (χ0n) is 34.5. The van der Waals surface area contributed by atoms with Gasteiger partial charge in [0.1, 0.15) is 17.3 Å². The zero-order chi connectivity index (χ0) is 42.8. The number of piperidine rings is 1. The zero-order valence-corrected chi connectivity index (χ0v) is 34.5. The summed E-state index contributed by atoms with van der Waals surface area (Å²) in [5.74, 6) is -2.12. The molecule has 1 unspecified atom stereocenters. The molecule has 2 N–H and O–H groups in total. The molecule has 8 rings (SSSR count). The number of piperazine rings is 1. The number of hydrogen-bond acceptors (Lipinski definition) is 9. The van der Waals surface area contributed by atoms with Crippen molar-refractivity contribution >= 4 is 45.8 Å². The molecule has 0 aliphatic carbocycles. The number of halogens is 2. The third-order valence-corrected chi connectivity index (χ3v) is 12.0. The van der Waals surface area contributed by atoms with Gasteiger partial charge in [-0.15, -0.1) is 5.10 Å². The topological polar surface area (TPSA) is 149 Å². The standard InChI is InChI=1S/C45H49F2N9O5/c1-52(2)45(60)38-26-36-35(25-34(42(47)43(36)49-38)29-5-4-15-55(27-29)41(58)13-17-56-18-14-48-51-56)32-9-7-30(24-39(32)61-3)54-21-19-53(20-22-54)16-12-28-6-8-31(37(46)23-28)33-10-11-40(57)50-44(33)59/h5-9,14,18,23-26,33,49H,4,10-13,15-17,19-22,27H2,1-3H3,(H,50,57,59). The number of anilines is 1. The van der Waals surface area contributed by atoms with E-state index in [1.165, 1.54) is 11.0 Å². The van der Waals surface area contributed by atoms with Crippen LogP contribution in [-0.4, -0.2) is 125 Å². The second-order valence-electron chi connectivity index (χ2n) is 16.0. The van der Waals surface area contributed by atoms with Crippen LogP contribution in [-0.2, 0) is 27.3 Å². The Morgan fingerprint density at radius 2 is 1.77 bits per heavy atom. The van der Waals surface area contributed by atoms with E-state index in [-0.39, 0.29) is 48.3 Å². The molecular formula is C45H49F2N9O5. The highest BCUT2D eigenvalue weighted by Crippen LogP contribution is 2.42. The number of amides is 4. The smallest absolute Gasteiger partial charge is 0.269 e. The van der Waals surface area contributed by atoms with Crippen molar-refractivity contribution < 1.29 is 32.7 Å². The minimum absolute atomic E-state index is 0.0617. The summed E-state index contributed by atoms with van der Waals surface area (Å²) in [4.78, 5) is 61.1. The third-order valence-electron chi connectivity index (χ3n) is 12.0. The molecule has 3 aliphatic rings. The molecule has 5 heterocycles. The average Bonchev–Trinajstić information content (AvgIpc) is 3.97. The number of ether oxygens (including phenoxy) is 1. The molecule has 3 aliphatic heterocycles. The van der Waals surface area contributed by atoms with Crippen LogP contribution in [0.25, 0.3) is 27.6 Å². The van der Waals surface area contributed by atoms with E-state index >= 15 is 8.78 Å². The molecule has 0 bridgehead atoms. The second kappa shape index (κ2) is 17.7. The van der Waals surface area contributed by atoms with Crippen LogP contribution in [0.15, 0.2) is 67.0 Å². The number of aromatic amines is 1. The maximum Gasteiger partial charge on any atom is 0.269 e. The summed E-state index contributed by atoms with van der Waals surface area (Å²) >= 11 is 0. The van der Waals surface area contributed by atoms with E-state index in [4.69, 9.17) is 4.74 Å². The molecule has 4 amide bonds. The first-order valence-electron chi connectivity index (χ1n) is 20.6. The van der Waals surface area contributed by atoms with Gasteiger partial charge in [-0.05, 0) is 66.3 Å². The first-order valence-corrected chi connectivity index (χ1v) is 20.6. The summed E-state index contributed by atoms with van der Waals surface area (Å²) in [6.07, 6.45) is 7.20. The number of nitrogens with one attached hydrogen (secondary N) is 2. The molecule has 0 radical (unpaired) electrons. The van der Waals surface area contributed by atoms with Crippen molar-refractivity contribution in [2.45, 2.75) is 44.6 Å². The van der Waals surface area contributed by atoms with Crippen LogP contribution >= 0.6 is 0 Å². The number of fused-ring (bicyclic) bond motifs is 1. The predicted octanol–water partition coefficient (Wildman–Crippen LogP) is 5.01. The van der Waals surface area contributed by atoms with Crippen LogP contribution in [0.1, 0.15) is 58.8 Å². The maximum atomic E-state index is 16.7. The molecular weight excluding hydrogens is 785 g/mol. The van der Waals surface area contributed by atoms with E-state index in [0.29, 0.717) is 65.8 Å². The van der Waals surface area contributed by atoms with Crippen LogP contribution in [0.2, 0.25) is 0 Å². The van der Waals surface area contributed by atoms with Crippen molar-refractivity contribution in [1.29, 1.82) is 0 Å². The Labute approximate surface area is 352 Å². The van der Waals surface area contributed by atoms with Crippen molar-refractivity contribution in [2.75, 3.05) is 71.9 Å². The molecule has 16 heteroatoms. The lowest BCUT2D eigenvalue weighted by Crippen LogP contribution is -2.47. The number of aryl methyl sites for hydroxylation is 1. The highest BCUT2D eigenvalue weighted by Gasteiger charge is 2.31. The SMILES string of the molecule is COc1cc(N2CCN(CCc3ccc(C4CCC(=O)NC4=O)c(F)c3)CC2)ccc1-c1cc(C2=CCCN(C(=O)CCn3ccnn3)C2)c(F)c2[nH]c(C(=O)N(C)C)cc12. The summed E-state index contributed by atoms with van der Waals surface area (Å²) < 4.78 is 39.4. The Balaban J connectivity index is 0.986. The number of aromatic nitrogens is 4. The summed E-state index contributed by atoms with van der Waals surface area (Å²) in [5, 5.41) is 10.6. The molecule has 2 fully saturated rings. The highest BCUT2D eigenvalue weighted by molar-refractivity contribution is 6.05. The van der Waals surface area contributed by atoms with Crippen LogP contribution in [0.3, 0.4) is 0 Å². The Bertz CT molecular complexity index is 2510. The molecule has 1 atom stereocenters. The van der Waals surface area contributed by atoms with Gasteiger partial charge in [0.15, 0.2) is 5.82 Å². The lowest BCUT2D eigenvalue weighted by atomic mass is 9.89. The normalized spacial score (nSPS) is 17.4. The molecule has 0 spiro atoms. The van der Waals surface area contributed by atoms with Gasteiger partial charge < -0.3 is 24.4 Å². The van der Waals surface area contributed by atoms with Crippen molar-refractivity contribution in [3.05, 3.63) is 101 Å². The Kier molecular flexibility index (Phi) is 12.0. The second-order valence-corrected chi connectivity index (χ2v) is 16.0. The predicted molar refractivity (Wildman–Crippen MR) is 226 cm³/mol. The van der Waals surface area contributed by atoms with Crippen molar-refractivity contribution in [1.82, 2.24) is 40.0 Å². The highest BCUT2D eigenvalue weighted by atomic mass is 19.1. The number of H-pyrrole nitrogens is 1. The quantitative estimate of drug-likeness (QED) is 0.166. The van der Waals surface area contributed by atoms with Gasteiger partial charge >= 0.3 is 0 Å². The number of imide groups is 1. The van der Waals surface area contributed by atoms with Gasteiger partial charge in [-0.1, -0.05) is 23.4 Å². The number of nitrogens with zero attached hydrogens (tertiary/aromatic N) is 7. The Hall–Kier alpha value is -6.42. The first kappa shape index (κ1) is 41.3. The number of hydrogen-bond donors (Lipinski definition) is 2. The van der Waals surface area contributed by atoms with Gasteiger partial charge in [0.25, 0.3) is 5.91 Å². The number of benzene rings is 3. The fraction of sp³-hybridized carbons (Fsp3) is 0.378.